The number of nitriles is 1. The maximum absolute atomic E-state index is 15.1. The van der Waals surface area contributed by atoms with Crippen LogP contribution in [-0.2, 0) is 10.3 Å². The van der Waals surface area contributed by atoms with E-state index in [9.17, 15) is 14.9 Å². The van der Waals surface area contributed by atoms with E-state index in [2.05, 4.69) is 16.7 Å². The van der Waals surface area contributed by atoms with Gasteiger partial charge in [-0.1, -0.05) is 42.6 Å². The fourth-order valence-electron chi connectivity index (χ4n) is 5.34. The molecule has 2 fully saturated rings. The van der Waals surface area contributed by atoms with E-state index in [1.54, 1.807) is 54.6 Å². The van der Waals surface area contributed by atoms with Crippen LogP contribution >= 0.6 is 11.6 Å². The second-order valence-electron chi connectivity index (χ2n) is 10.9. The van der Waals surface area contributed by atoms with Crippen molar-refractivity contribution in [2.45, 2.75) is 49.7 Å². The van der Waals surface area contributed by atoms with Crippen LogP contribution in [0.25, 0.3) is 0 Å². The molecule has 0 bridgehead atoms. The highest BCUT2D eigenvalue weighted by atomic mass is 35.5. The normalized spacial score (nSPS) is 19.7. The summed E-state index contributed by atoms with van der Waals surface area (Å²) in [7, 11) is 0. The number of likely N-dealkylation sites (tertiary alicyclic amines) is 1. The Morgan fingerprint density at radius 1 is 1.07 bits per heavy atom. The van der Waals surface area contributed by atoms with Gasteiger partial charge < -0.3 is 27.0 Å². The summed E-state index contributed by atoms with van der Waals surface area (Å²) in [6.07, 6.45) is 4.03. The van der Waals surface area contributed by atoms with E-state index >= 15 is 4.39 Å². The van der Waals surface area contributed by atoms with Crippen LogP contribution in [0.1, 0.15) is 48.8 Å². The van der Waals surface area contributed by atoms with Crippen molar-refractivity contribution in [2.75, 3.05) is 17.2 Å². The van der Waals surface area contributed by atoms with Gasteiger partial charge in [0.1, 0.15) is 11.9 Å². The minimum absolute atomic E-state index is 0.0382. The first-order valence-corrected chi connectivity index (χ1v) is 14.0. The number of hydrogen-bond donors (Lipinski definition) is 4. The van der Waals surface area contributed by atoms with E-state index in [1.807, 2.05) is 6.07 Å². The van der Waals surface area contributed by atoms with Crippen LogP contribution in [0.15, 0.2) is 66.7 Å². The molecule has 3 amide bonds. The Hall–Kier alpha value is -3.97. The first-order valence-electron chi connectivity index (χ1n) is 13.7. The standard InChI is InChI=1S/C31H32ClFN6O2/c32-23-7-9-25(10-8-23)37-30(41)39-18-24(35)16-28(39)29(40)38-27-15-22(6-11-26(27)33)31(36,13-12-19-4-5-19)21-3-1-2-20(14-21)17-34/h1-3,6-11,14-15,19,24,28H,4-5,12-13,16,18,35-36H2,(H,37,41)(H,38,40)/t24-,28+,31?/m0/s1. The van der Waals surface area contributed by atoms with Crippen molar-refractivity contribution in [2.24, 2.45) is 17.4 Å². The SMILES string of the molecule is N#Cc1cccc(C(N)(CCC2CC2)c2ccc(F)c(NC(=O)[C@H]3C[C@H](N)CN3C(=O)Nc3ccc(Cl)cc3)c2)c1. The van der Waals surface area contributed by atoms with E-state index in [4.69, 9.17) is 23.1 Å². The summed E-state index contributed by atoms with van der Waals surface area (Å²) >= 11 is 5.93. The molecule has 3 aromatic rings. The molecule has 1 unspecified atom stereocenters. The average Bonchev–Trinajstić information content (AvgIpc) is 3.72. The Balaban J connectivity index is 1.38. The molecule has 6 N–H and O–H groups in total. The average molecular weight is 575 g/mol. The number of urea groups is 1. The summed E-state index contributed by atoms with van der Waals surface area (Å²) in [5.41, 5.74) is 14.5. The van der Waals surface area contributed by atoms with Gasteiger partial charge >= 0.3 is 6.03 Å². The van der Waals surface area contributed by atoms with Gasteiger partial charge in [-0.05, 0) is 84.8 Å². The van der Waals surface area contributed by atoms with Crippen LogP contribution < -0.4 is 22.1 Å². The summed E-state index contributed by atoms with van der Waals surface area (Å²) in [5.74, 6) is -0.572. The highest BCUT2D eigenvalue weighted by Crippen LogP contribution is 2.40. The predicted molar refractivity (Wildman–Crippen MR) is 157 cm³/mol. The van der Waals surface area contributed by atoms with Crippen molar-refractivity contribution in [3.8, 4) is 6.07 Å². The molecule has 2 aliphatic rings. The molecule has 3 aromatic carbocycles. The number of halogens is 2. The Labute approximate surface area is 243 Å². The van der Waals surface area contributed by atoms with Gasteiger partial charge in [0.25, 0.3) is 0 Å². The van der Waals surface area contributed by atoms with Crippen LogP contribution in [0.2, 0.25) is 5.02 Å². The summed E-state index contributed by atoms with van der Waals surface area (Å²) in [5, 5.41) is 15.4. The lowest BCUT2D eigenvalue weighted by Gasteiger charge is -2.32. The maximum Gasteiger partial charge on any atom is 0.322 e. The number of nitrogens with one attached hydrogen (secondary N) is 2. The number of nitrogens with zero attached hydrogens (tertiary/aromatic N) is 2. The summed E-state index contributed by atoms with van der Waals surface area (Å²) < 4.78 is 15.1. The van der Waals surface area contributed by atoms with E-state index in [0.29, 0.717) is 34.2 Å². The zero-order chi connectivity index (χ0) is 29.1. The van der Waals surface area contributed by atoms with Crippen molar-refractivity contribution in [1.82, 2.24) is 4.90 Å². The molecule has 0 aromatic heterocycles. The third-order valence-electron chi connectivity index (χ3n) is 7.88. The molecule has 1 saturated heterocycles. The lowest BCUT2D eigenvalue weighted by atomic mass is 9.79. The van der Waals surface area contributed by atoms with Gasteiger partial charge in [-0.3, -0.25) is 4.79 Å². The molecule has 1 aliphatic carbocycles. The minimum Gasteiger partial charge on any atom is -0.326 e. The minimum atomic E-state index is -0.997. The van der Waals surface area contributed by atoms with Crippen molar-refractivity contribution >= 4 is 34.9 Å². The molecule has 0 spiro atoms. The second kappa shape index (κ2) is 11.9. The van der Waals surface area contributed by atoms with Gasteiger partial charge in [0.15, 0.2) is 0 Å². The molecular weight excluding hydrogens is 543 g/mol. The third-order valence-corrected chi connectivity index (χ3v) is 8.13. The number of carbonyl (C=O) groups is 2. The van der Waals surface area contributed by atoms with E-state index in [1.165, 1.54) is 11.0 Å². The molecule has 0 radical (unpaired) electrons. The van der Waals surface area contributed by atoms with Gasteiger partial charge in [0.05, 0.1) is 22.9 Å². The summed E-state index contributed by atoms with van der Waals surface area (Å²) in [6.45, 7) is 0.169. The van der Waals surface area contributed by atoms with Gasteiger partial charge in [0.2, 0.25) is 5.91 Å². The summed E-state index contributed by atoms with van der Waals surface area (Å²) in [6, 6.07) is 18.5. The molecule has 5 rings (SSSR count). The van der Waals surface area contributed by atoms with Crippen molar-refractivity contribution in [3.05, 3.63) is 94.3 Å². The van der Waals surface area contributed by atoms with Crippen LogP contribution in [0.5, 0.6) is 0 Å². The lowest BCUT2D eigenvalue weighted by molar-refractivity contribution is -0.119. The highest BCUT2D eigenvalue weighted by Gasteiger charge is 2.39. The number of carbonyl (C=O) groups excluding carboxylic acids is 2. The zero-order valence-electron chi connectivity index (χ0n) is 22.4. The van der Waals surface area contributed by atoms with Crippen molar-refractivity contribution in [1.29, 1.82) is 5.26 Å². The maximum atomic E-state index is 15.1. The molecule has 3 atom stereocenters. The smallest absolute Gasteiger partial charge is 0.322 e. The Morgan fingerprint density at radius 3 is 2.51 bits per heavy atom. The molecular formula is C31H32ClFN6O2. The molecule has 1 saturated carbocycles. The second-order valence-corrected chi connectivity index (χ2v) is 11.4. The number of hydrogen-bond acceptors (Lipinski definition) is 5. The van der Waals surface area contributed by atoms with Crippen LogP contribution in [-0.4, -0.2) is 35.5 Å². The van der Waals surface area contributed by atoms with Crippen molar-refractivity contribution in [3.63, 3.8) is 0 Å². The number of benzene rings is 3. The fraction of sp³-hybridized carbons (Fsp3) is 0.323. The Kier molecular flexibility index (Phi) is 8.27. The van der Waals surface area contributed by atoms with Crippen LogP contribution in [0, 0.1) is 23.1 Å². The predicted octanol–water partition coefficient (Wildman–Crippen LogP) is 5.32. The van der Waals surface area contributed by atoms with Gasteiger partial charge in [-0.2, -0.15) is 5.26 Å². The van der Waals surface area contributed by atoms with Gasteiger partial charge in [-0.15, -0.1) is 0 Å². The molecule has 10 heteroatoms. The molecule has 8 nitrogen and oxygen atoms in total. The molecule has 212 valence electrons. The quantitative estimate of drug-likeness (QED) is 0.289. The monoisotopic (exact) mass is 574 g/mol. The zero-order valence-corrected chi connectivity index (χ0v) is 23.2. The molecule has 41 heavy (non-hydrogen) atoms. The Bertz CT molecular complexity index is 1490. The van der Waals surface area contributed by atoms with Gasteiger partial charge in [0, 0.05) is 23.3 Å². The number of anilines is 2. The number of rotatable bonds is 8. The first-order chi connectivity index (χ1) is 19.7. The van der Waals surface area contributed by atoms with Crippen LogP contribution in [0.3, 0.4) is 0 Å². The summed E-state index contributed by atoms with van der Waals surface area (Å²) in [4.78, 5) is 27.8. The topological polar surface area (TPSA) is 137 Å². The fourth-order valence-corrected chi connectivity index (χ4v) is 5.47. The number of nitrogens with two attached hydrogens (primary N) is 2. The molecule has 1 aliphatic heterocycles. The van der Waals surface area contributed by atoms with Gasteiger partial charge in [-0.25, -0.2) is 9.18 Å². The number of amides is 3. The van der Waals surface area contributed by atoms with E-state index in [0.717, 1.165) is 24.8 Å². The Morgan fingerprint density at radius 2 is 1.80 bits per heavy atom. The largest absolute Gasteiger partial charge is 0.326 e. The van der Waals surface area contributed by atoms with E-state index < -0.39 is 35.4 Å². The highest BCUT2D eigenvalue weighted by molar-refractivity contribution is 6.30. The van der Waals surface area contributed by atoms with E-state index in [-0.39, 0.29) is 18.7 Å². The van der Waals surface area contributed by atoms with Crippen LogP contribution in [0.4, 0.5) is 20.6 Å². The first kappa shape index (κ1) is 28.6. The third kappa shape index (κ3) is 6.51. The van der Waals surface area contributed by atoms with Crippen molar-refractivity contribution < 1.29 is 14.0 Å². The molecule has 1 heterocycles. The lowest BCUT2D eigenvalue weighted by Crippen LogP contribution is -2.45.